The molecule has 4 rings (SSSR count). The lowest BCUT2D eigenvalue weighted by Gasteiger charge is -2.24. The molecule has 1 N–H and O–H groups in total. The Morgan fingerprint density at radius 2 is 2.20 bits per heavy atom. The van der Waals surface area contributed by atoms with Crippen LogP contribution >= 0.6 is 0 Å². The van der Waals surface area contributed by atoms with E-state index in [2.05, 4.69) is 20.6 Å². The van der Waals surface area contributed by atoms with Gasteiger partial charge >= 0.3 is 6.03 Å². The lowest BCUT2D eigenvalue weighted by Crippen LogP contribution is -2.37. The van der Waals surface area contributed by atoms with Gasteiger partial charge in [-0.25, -0.2) is 4.79 Å². The number of hydrogen-bond donors (Lipinski definition) is 1. The molecule has 1 aliphatic carbocycles. The molecule has 2 aliphatic rings. The summed E-state index contributed by atoms with van der Waals surface area (Å²) < 4.78 is 10.7. The highest BCUT2D eigenvalue weighted by Gasteiger charge is 2.55. The molecule has 1 aliphatic heterocycles. The first-order valence-electron chi connectivity index (χ1n) is 8.85. The number of hydrogen-bond acceptors (Lipinski definition) is 6. The average Bonchev–Trinajstić information content (AvgIpc) is 3.31. The molecule has 134 valence electrons. The Labute approximate surface area is 145 Å². The number of amides is 2. The number of carbonyl (C=O) groups excluding carboxylic acids is 1. The third kappa shape index (κ3) is 2.51. The van der Waals surface area contributed by atoms with Crippen molar-refractivity contribution in [3.8, 4) is 0 Å². The largest absolute Gasteiger partial charge is 0.359 e. The highest BCUT2D eigenvalue weighted by atomic mass is 16.5. The van der Waals surface area contributed by atoms with E-state index in [1.165, 1.54) is 0 Å². The van der Waals surface area contributed by atoms with E-state index in [1.54, 1.807) is 0 Å². The molecular formula is C17H23N5O3. The fraction of sp³-hybridized carbons (Fsp3) is 0.647. The van der Waals surface area contributed by atoms with Crippen molar-refractivity contribution in [2.75, 3.05) is 18.4 Å². The van der Waals surface area contributed by atoms with Crippen LogP contribution in [0.3, 0.4) is 0 Å². The van der Waals surface area contributed by atoms with Gasteiger partial charge in [0, 0.05) is 13.1 Å². The highest BCUT2D eigenvalue weighted by Crippen LogP contribution is 2.50. The van der Waals surface area contributed by atoms with Crippen LogP contribution in [0, 0.1) is 19.8 Å². The summed E-state index contributed by atoms with van der Waals surface area (Å²) in [6, 6.07) is -0.119. The van der Waals surface area contributed by atoms with Crippen molar-refractivity contribution >= 4 is 11.7 Å². The predicted octanol–water partition coefficient (Wildman–Crippen LogP) is 2.82. The van der Waals surface area contributed by atoms with Gasteiger partial charge in [-0.1, -0.05) is 23.7 Å². The van der Waals surface area contributed by atoms with E-state index in [4.69, 9.17) is 9.05 Å². The summed E-state index contributed by atoms with van der Waals surface area (Å²) in [4.78, 5) is 19.2. The van der Waals surface area contributed by atoms with Crippen LogP contribution in [-0.2, 0) is 11.8 Å². The lowest BCUT2D eigenvalue weighted by atomic mass is 9.80. The molecule has 2 aromatic rings. The van der Waals surface area contributed by atoms with Crippen LogP contribution in [0.4, 0.5) is 10.5 Å². The molecule has 2 amide bonds. The molecule has 1 saturated heterocycles. The van der Waals surface area contributed by atoms with Crippen molar-refractivity contribution in [2.24, 2.45) is 5.92 Å². The third-order valence-electron chi connectivity index (χ3n) is 5.61. The van der Waals surface area contributed by atoms with Gasteiger partial charge in [0.2, 0.25) is 5.89 Å². The number of anilines is 1. The summed E-state index contributed by atoms with van der Waals surface area (Å²) in [6.45, 7) is 6.94. The molecule has 2 atom stereocenters. The topological polar surface area (TPSA) is 97.3 Å². The Morgan fingerprint density at radius 3 is 2.92 bits per heavy atom. The average molecular weight is 345 g/mol. The third-order valence-corrected chi connectivity index (χ3v) is 5.61. The molecule has 2 fully saturated rings. The van der Waals surface area contributed by atoms with Crippen molar-refractivity contribution in [1.82, 2.24) is 20.2 Å². The molecular weight excluding hydrogens is 322 g/mol. The Balaban J connectivity index is 1.55. The van der Waals surface area contributed by atoms with Crippen LogP contribution in [-0.4, -0.2) is 39.3 Å². The molecule has 8 heteroatoms. The van der Waals surface area contributed by atoms with Gasteiger partial charge in [0.1, 0.15) is 11.4 Å². The first kappa shape index (κ1) is 16.1. The summed E-state index contributed by atoms with van der Waals surface area (Å²) in [5.74, 6) is 2.32. The molecule has 8 nitrogen and oxygen atoms in total. The SMILES string of the molecule is CCc1noc(C)c1NC(=O)N1C[C@@H]2CCC[C@]2(c2nc(C)no2)C1. The number of nitrogens with zero attached hydrogens (tertiary/aromatic N) is 4. The van der Waals surface area contributed by atoms with Gasteiger partial charge in [-0.15, -0.1) is 0 Å². The second-order valence-electron chi connectivity index (χ2n) is 7.12. The summed E-state index contributed by atoms with van der Waals surface area (Å²) in [5, 5.41) is 10.9. The van der Waals surface area contributed by atoms with Crippen molar-refractivity contribution < 1.29 is 13.8 Å². The Kier molecular flexibility index (Phi) is 3.77. The smallest absolute Gasteiger partial charge is 0.322 e. The quantitative estimate of drug-likeness (QED) is 0.918. The van der Waals surface area contributed by atoms with E-state index < -0.39 is 0 Å². The fourth-order valence-electron chi connectivity index (χ4n) is 4.30. The van der Waals surface area contributed by atoms with Gasteiger partial charge in [-0.3, -0.25) is 0 Å². The number of aryl methyl sites for hydroxylation is 3. The van der Waals surface area contributed by atoms with Crippen molar-refractivity contribution in [2.45, 2.75) is 51.9 Å². The van der Waals surface area contributed by atoms with Crippen LogP contribution in [0.15, 0.2) is 9.05 Å². The van der Waals surface area contributed by atoms with E-state index in [0.29, 0.717) is 48.6 Å². The Morgan fingerprint density at radius 1 is 1.36 bits per heavy atom. The normalized spacial score (nSPS) is 25.4. The van der Waals surface area contributed by atoms with Crippen LogP contribution in [0.5, 0.6) is 0 Å². The highest BCUT2D eigenvalue weighted by molar-refractivity contribution is 5.90. The Bertz CT molecular complexity index is 798. The van der Waals surface area contributed by atoms with Gasteiger partial charge in [-0.2, -0.15) is 4.98 Å². The fourth-order valence-corrected chi connectivity index (χ4v) is 4.30. The molecule has 2 aromatic heterocycles. The molecule has 25 heavy (non-hydrogen) atoms. The van der Waals surface area contributed by atoms with Crippen molar-refractivity contribution in [3.63, 3.8) is 0 Å². The van der Waals surface area contributed by atoms with E-state index in [1.807, 2.05) is 25.7 Å². The summed E-state index contributed by atoms with van der Waals surface area (Å²) in [7, 11) is 0. The number of likely N-dealkylation sites (tertiary alicyclic amines) is 1. The van der Waals surface area contributed by atoms with Gasteiger partial charge in [0.15, 0.2) is 11.6 Å². The number of urea groups is 1. The minimum atomic E-state index is -0.199. The molecule has 3 heterocycles. The minimum Gasteiger partial charge on any atom is -0.359 e. The van der Waals surface area contributed by atoms with Crippen LogP contribution in [0.25, 0.3) is 0 Å². The first-order valence-corrected chi connectivity index (χ1v) is 8.85. The van der Waals surface area contributed by atoms with Gasteiger partial charge in [0.25, 0.3) is 0 Å². The predicted molar refractivity (Wildman–Crippen MR) is 89.3 cm³/mol. The number of fused-ring (bicyclic) bond motifs is 1. The molecule has 0 aromatic carbocycles. The van der Waals surface area contributed by atoms with E-state index in [9.17, 15) is 4.79 Å². The second-order valence-corrected chi connectivity index (χ2v) is 7.12. The van der Waals surface area contributed by atoms with Crippen LogP contribution in [0.1, 0.15) is 49.4 Å². The maximum atomic E-state index is 12.8. The van der Waals surface area contributed by atoms with E-state index in [-0.39, 0.29) is 11.4 Å². The number of aromatic nitrogens is 3. The zero-order valence-corrected chi connectivity index (χ0v) is 14.8. The van der Waals surface area contributed by atoms with E-state index >= 15 is 0 Å². The molecule has 0 spiro atoms. The van der Waals surface area contributed by atoms with Gasteiger partial charge in [-0.05, 0) is 39.0 Å². The van der Waals surface area contributed by atoms with Crippen molar-refractivity contribution in [1.29, 1.82) is 0 Å². The number of rotatable bonds is 3. The van der Waals surface area contributed by atoms with Crippen molar-refractivity contribution in [3.05, 3.63) is 23.2 Å². The van der Waals surface area contributed by atoms with Crippen LogP contribution in [0.2, 0.25) is 0 Å². The summed E-state index contributed by atoms with van der Waals surface area (Å²) in [6.07, 6.45) is 3.90. The molecule has 0 bridgehead atoms. The van der Waals surface area contributed by atoms with E-state index in [0.717, 1.165) is 25.0 Å². The molecule has 0 unspecified atom stereocenters. The zero-order valence-electron chi connectivity index (χ0n) is 14.8. The summed E-state index contributed by atoms with van der Waals surface area (Å²) >= 11 is 0. The number of carbonyl (C=O) groups is 1. The number of nitrogens with one attached hydrogen (secondary N) is 1. The van der Waals surface area contributed by atoms with Gasteiger partial charge < -0.3 is 19.3 Å². The monoisotopic (exact) mass is 345 g/mol. The van der Waals surface area contributed by atoms with Crippen LogP contribution < -0.4 is 5.32 Å². The van der Waals surface area contributed by atoms with Gasteiger partial charge in [0.05, 0.1) is 5.41 Å². The first-order chi connectivity index (χ1) is 12.0. The Hall–Kier alpha value is -2.38. The second kappa shape index (κ2) is 5.86. The minimum absolute atomic E-state index is 0.119. The molecule has 0 radical (unpaired) electrons. The standard InChI is InChI=1S/C17H23N5O3/c1-4-13-14(10(2)24-21-13)19-16(23)22-8-12-6-5-7-17(12,9-22)15-18-11(3)20-25-15/h12H,4-9H2,1-3H3,(H,19,23)/t12-,17-/m0/s1. The summed E-state index contributed by atoms with van der Waals surface area (Å²) in [5.41, 5.74) is 1.26. The zero-order chi connectivity index (χ0) is 17.6. The maximum absolute atomic E-state index is 12.8. The molecule has 1 saturated carbocycles. The lowest BCUT2D eigenvalue weighted by molar-refractivity contribution is 0.214. The maximum Gasteiger partial charge on any atom is 0.322 e.